The Kier molecular flexibility index (Phi) is 6.70. The number of benzene rings is 1. The lowest BCUT2D eigenvalue weighted by Gasteiger charge is -2.33. The van der Waals surface area contributed by atoms with E-state index < -0.39 is 26.6 Å². The van der Waals surface area contributed by atoms with Crippen molar-refractivity contribution >= 4 is 15.9 Å². The Morgan fingerprint density at radius 1 is 1.15 bits per heavy atom. The molecule has 0 aromatic heterocycles. The van der Waals surface area contributed by atoms with Crippen molar-refractivity contribution in [2.75, 3.05) is 32.7 Å². The van der Waals surface area contributed by atoms with Gasteiger partial charge in [0.05, 0.1) is 6.54 Å². The quantitative estimate of drug-likeness (QED) is 0.799. The summed E-state index contributed by atoms with van der Waals surface area (Å²) >= 11 is 0. The van der Waals surface area contributed by atoms with Crippen LogP contribution >= 0.6 is 0 Å². The van der Waals surface area contributed by atoms with Gasteiger partial charge in [-0.25, -0.2) is 17.2 Å². The number of hydrogen-bond acceptors (Lipinski definition) is 4. The molecule has 1 N–H and O–H groups in total. The van der Waals surface area contributed by atoms with Crippen LogP contribution in [0.3, 0.4) is 0 Å². The zero-order chi connectivity index (χ0) is 19.5. The first-order valence-corrected chi connectivity index (χ1v) is 10.0. The molecule has 1 aromatic carbocycles. The summed E-state index contributed by atoms with van der Waals surface area (Å²) in [4.78, 5) is 13.2. The number of hydrogen-bond donors (Lipinski definition) is 1. The monoisotopic (exact) mass is 389 g/mol. The molecule has 2 rings (SSSR count). The second-order valence-corrected chi connectivity index (χ2v) is 8.76. The number of nitrogens with zero attached hydrogens (tertiary/aromatic N) is 2. The lowest BCUT2D eigenvalue weighted by Crippen LogP contribution is -2.52. The van der Waals surface area contributed by atoms with E-state index >= 15 is 0 Å². The largest absolute Gasteiger partial charge is 0.352 e. The van der Waals surface area contributed by atoms with Crippen molar-refractivity contribution in [2.24, 2.45) is 5.92 Å². The van der Waals surface area contributed by atoms with E-state index in [-0.39, 0.29) is 31.6 Å². The maximum absolute atomic E-state index is 13.8. The van der Waals surface area contributed by atoms with E-state index in [1.54, 1.807) is 0 Å². The third-order valence-electron chi connectivity index (χ3n) is 4.60. The van der Waals surface area contributed by atoms with Gasteiger partial charge in [0.1, 0.15) is 16.5 Å². The Labute approximate surface area is 153 Å². The average molecular weight is 389 g/mol. The summed E-state index contributed by atoms with van der Waals surface area (Å²) in [6.45, 7) is 7.07. The van der Waals surface area contributed by atoms with Crippen LogP contribution in [0.1, 0.15) is 20.8 Å². The molecular formula is C17H25F2N3O3S. The normalized spacial score (nSPS) is 18.1. The van der Waals surface area contributed by atoms with Gasteiger partial charge < -0.3 is 5.32 Å². The molecule has 1 aromatic rings. The predicted molar refractivity (Wildman–Crippen MR) is 94.0 cm³/mol. The number of carbonyl (C=O) groups is 1. The highest BCUT2D eigenvalue weighted by atomic mass is 32.2. The summed E-state index contributed by atoms with van der Waals surface area (Å²) in [5, 5.41) is 2.90. The third-order valence-corrected chi connectivity index (χ3v) is 6.51. The summed E-state index contributed by atoms with van der Waals surface area (Å²) in [5.41, 5.74) is 0. The topological polar surface area (TPSA) is 69.7 Å². The molecule has 0 unspecified atom stereocenters. The van der Waals surface area contributed by atoms with Gasteiger partial charge in [-0.3, -0.25) is 9.69 Å². The first-order chi connectivity index (χ1) is 12.1. The number of nitrogens with one attached hydrogen (secondary N) is 1. The van der Waals surface area contributed by atoms with Crippen molar-refractivity contribution in [3.05, 3.63) is 29.8 Å². The second-order valence-electron chi connectivity index (χ2n) is 6.86. The Morgan fingerprint density at radius 2 is 1.77 bits per heavy atom. The van der Waals surface area contributed by atoms with Gasteiger partial charge in [-0.05, 0) is 31.0 Å². The Balaban J connectivity index is 1.95. The summed E-state index contributed by atoms with van der Waals surface area (Å²) < 4.78 is 53.3. The number of halogens is 2. The minimum atomic E-state index is -4.11. The molecule has 0 aliphatic carbocycles. The number of amides is 1. The summed E-state index contributed by atoms with van der Waals surface area (Å²) in [7, 11) is -4.11. The van der Waals surface area contributed by atoms with Gasteiger partial charge in [0.2, 0.25) is 15.9 Å². The lowest BCUT2D eigenvalue weighted by molar-refractivity contribution is -0.123. The van der Waals surface area contributed by atoms with Crippen LogP contribution in [0.2, 0.25) is 0 Å². The van der Waals surface area contributed by atoms with Crippen LogP contribution in [0.4, 0.5) is 8.78 Å². The molecule has 0 saturated carbocycles. The van der Waals surface area contributed by atoms with E-state index in [9.17, 15) is 22.0 Å². The molecule has 1 amide bonds. The Bertz CT molecular complexity index is 748. The van der Waals surface area contributed by atoms with Crippen molar-refractivity contribution in [3.8, 4) is 0 Å². The van der Waals surface area contributed by atoms with Gasteiger partial charge in [-0.2, -0.15) is 4.31 Å². The van der Waals surface area contributed by atoms with E-state index in [0.717, 1.165) is 16.4 Å². The zero-order valence-electron chi connectivity index (χ0n) is 15.2. The maximum Gasteiger partial charge on any atom is 0.246 e. The van der Waals surface area contributed by atoms with Gasteiger partial charge >= 0.3 is 0 Å². The Morgan fingerprint density at radius 3 is 2.35 bits per heavy atom. The van der Waals surface area contributed by atoms with E-state index in [2.05, 4.69) is 5.32 Å². The van der Waals surface area contributed by atoms with E-state index in [1.807, 2.05) is 25.7 Å². The first kappa shape index (κ1) is 20.7. The van der Waals surface area contributed by atoms with Crippen LogP contribution < -0.4 is 5.32 Å². The number of sulfonamides is 1. The van der Waals surface area contributed by atoms with Gasteiger partial charge in [-0.1, -0.05) is 13.8 Å². The van der Waals surface area contributed by atoms with Crippen molar-refractivity contribution < 1.29 is 22.0 Å². The van der Waals surface area contributed by atoms with Gasteiger partial charge in [0, 0.05) is 32.2 Å². The van der Waals surface area contributed by atoms with E-state index in [4.69, 9.17) is 0 Å². The smallest absolute Gasteiger partial charge is 0.246 e. The zero-order valence-corrected chi connectivity index (χ0v) is 16.0. The third kappa shape index (κ3) is 4.99. The van der Waals surface area contributed by atoms with Crippen LogP contribution in [0, 0.1) is 17.6 Å². The van der Waals surface area contributed by atoms with Crippen LogP contribution in [0.15, 0.2) is 23.1 Å². The molecular weight excluding hydrogens is 364 g/mol. The maximum atomic E-state index is 13.8. The lowest BCUT2D eigenvalue weighted by atomic mass is 10.1. The fourth-order valence-corrected chi connectivity index (χ4v) is 4.11. The molecule has 1 aliphatic heterocycles. The van der Waals surface area contributed by atoms with Gasteiger partial charge in [0.25, 0.3) is 0 Å². The molecule has 6 nitrogen and oxygen atoms in total. The summed E-state index contributed by atoms with van der Waals surface area (Å²) in [6.07, 6.45) is 0. The highest BCUT2D eigenvalue weighted by Crippen LogP contribution is 2.21. The first-order valence-electron chi connectivity index (χ1n) is 8.58. The molecule has 1 saturated heterocycles. The van der Waals surface area contributed by atoms with Crippen LogP contribution in [0.25, 0.3) is 0 Å². The SMILES string of the molecule is CC(C)[C@H](C)NC(=O)CN1CCN(S(=O)(=O)c2cc(F)ccc2F)CC1. The molecule has 26 heavy (non-hydrogen) atoms. The van der Waals surface area contributed by atoms with Crippen molar-refractivity contribution in [2.45, 2.75) is 31.7 Å². The van der Waals surface area contributed by atoms with Crippen molar-refractivity contribution in [1.29, 1.82) is 0 Å². The number of piperazine rings is 1. The highest BCUT2D eigenvalue weighted by molar-refractivity contribution is 7.89. The van der Waals surface area contributed by atoms with E-state index in [1.165, 1.54) is 0 Å². The second kappa shape index (κ2) is 8.41. The van der Waals surface area contributed by atoms with Crippen molar-refractivity contribution in [1.82, 2.24) is 14.5 Å². The molecule has 0 spiro atoms. The molecule has 146 valence electrons. The molecule has 1 atom stereocenters. The average Bonchev–Trinajstić information content (AvgIpc) is 2.57. The fraction of sp³-hybridized carbons (Fsp3) is 0.588. The Hall–Kier alpha value is -1.58. The van der Waals surface area contributed by atoms with Gasteiger partial charge in [-0.15, -0.1) is 0 Å². The predicted octanol–water partition coefficient (Wildman–Crippen LogP) is 1.43. The summed E-state index contributed by atoms with van der Waals surface area (Å²) in [6, 6.07) is 2.43. The minimum Gasteiger partial charge on any atom is -0.352 e. The molecule has 1 aliphatic rings. The molecule has 1 heterocycles. The summed E-state index contributed by atoms with van der Waals surface area (Å²) in [5.74, 6) is -1.57. The fourth-order valence-electron chi connectivity index (χ4n) is 2.61. The minimum absolute atomic E-state index is 0.0557. The molecule has 0 radical (unpaired) electrons. The standard InChI is InChI=1S/C17H25F2N3O3S/c1-12(2)13(3)20-17(23)11-21-6-8-22(9-7-21)26(24,25)16-10-14(18)4-5-15(16)19/h4-5,10,12-13H,6-9,11H2,1-3H3,(H,20,23)/t13-/m0/s1. The van der Waals surface area contributed by atoms with Crippen molar-refractivity contribution in [3.63, 3.8) is 0 Å². The van der Waals surface area contributed by atoms with Crippen LogP contribution in [-0.4, -0.2) is 62.3 Å². The van der Waals surface area contributed by atoms with Crippen LogP contribution in [-0.2, 0) is 14.8 Å². The highest BCUT2D eigenvalue weighted by Gasteiger charge is 2.31. The van der Waals surface area contributed by atoms with E-state index in [0.29, 0.717) is 25.1 Å². The molecule has 0 bridgehead atoms. The molecule has 9 heteroatoms. The number of carbonyl (C=O) groups excluding carboxylic acids is 1. The van der Waals surface area contributed by atoms with Gasteiger partial charge in [0.15, 0.2) is 0 Å². The molecule has 1 fully saturated rings. The van der Waals surface area contributed by atoms with Crippen LogP contribution in [0.5, 0.6) is 0 Å². The number of rotatable bonds is 6.